The predicted octanol–water partition coefficient (Wildman–Crippen LogP) is 1.78. The lowest BCUT2D eigenvalue weighted by molar-refractivity contribution is -0.0174. The molecule has 1 rings (SSSR count). The summed E-state index contributed by atoms with van der Waals surface area (Å²) in [7, 11) is 0. The van der Waals surface area contributed by atoms with Crippen LogP contribution in [0.25, 0.3) is 0 Å². The lowest BCUT2D eigenvalue weighted by atomic mass is 10.3. The van der Waals surface area contributed by atoms with Crippen molar-refractivity contribution in [3.63, 3.8) is 0 Å². The number of aromatic nitrogens is 2. The Morgan fingerprint density at radius 2 is 2.36 bits per heavy atom. The number of rotatable bonds is 5. The molecule has 0 aliphatic carbocycles. The minimum absolute atomic E-state index is 0.346. The van der Waals surface area contributed by atoms with Crippen molar-refractivity contribution in [3.8, 4) is 0 Å². The highest BCUT2D eigenvalue weighted by Gasteiger charge is 2.29. The molecule has 0 unspecified atom stereocenters. The summed E-state index contributed by atoms with van der Waals surface area (Å²) in [4.78, 5) is 0. The van der Waals surface area contributed by atoms with Crippen molar-refractivity contribution in [1.82, 2.24) is 15.1 Å². The van der Waals surface area contributed by atoms with E-state index in [2.05, 4.69) is 10.4 Å². The van der Waals surface area contributed by atoms with E-state index in [1.54, 1.807) is 6.92 Å². The molecule has 0 fully saturated rings. The lowest BCUT2D eigenvalue weighted by Crippen LogP contribution is -2.36. The van der Waals surface area contributed by atoms with E-state index in [0.717, 1.165) is 4.68 Å². The van der Waals surface area contributed by atoms with Crippen LogP contribution in [0.2, 0.25) is 5.02 Å². The first kappa shape index (κ1) is 11.4. The van der Waals surface area contributed by atoms with Gasteiger partial charge in [0.25, 0.3) is 5.92 Å². The summed E-state index contributed by atoms with van der Waals surface area (Å²) in [6.45, 7) is 1.50. The average Bonchev–Trinajstić information content (AvgIpc) is 2.47. The third kappa shape index (κ3) is 3.59. The van der Waals surface area contributed by atoms with Gasteiger partial charge in [-0.25, -0.2) is 8.78 Å². The van der Waals surface area contributed by atoms with Gasteiger partial charge in [-0.2, -0.15) is 5.10 Å². The normalized spacial score (nSPS) is 12.0. The predicted molar refractivity (Wildman–Crippen MR) is 50.7 cm³/mol. The molecule has 0 spiro atoms. The van der Waals surface area contributed by atoms with Crippen LogP contribution < -0.4 is 5.32 Å². The molecule has 0 aromatic carbocycles. The molecule has 1 aromatic heterocycles. The molecule has 0 bridgehead atoms. The molecule has 0 amide bonds. The first-order valence-electron chi connectivity index (χ1n) is 4.30. The van der Waals surface area contributed by atoms with Crippen molar-refractivity contribution in [1.29, 1.82) is 0 Å². The van der Waals surface area contributed by atoms with Crippen LogP contribution in [-0.2, 0) is 6.54 Å². The van der Waals surface area contributed by atoms with Crippen molar-refractivity contribution in [2.24, 2.45) is 0 Å². The SMILES string of the molecule is CCNCC(F)(F)Cn1cc(Cl)cn1. The van der Waals surface area contributed by atoms with Gasteiger partial charge in [0.2, 0.25) is 0 Å². The summed E-state index contributed by atoms with van der Waals surface area (Å²) >= 11 is 5.55. The monoisotopic (exact) mass is 223 g/mol. The Balaban J connectivity index is 2.49. The first-order chi connectivity index (χ1) is 6.53. The van der Waals surface area contributed by atoms with Gasteiger partial charge in [0.05, 0.1) is 17.8 Å². The van der Waals surface area contributed by atoms with E-state index < -0.39 is 12.5 Å². The quantitative estimate of drug-likeness (QED) is 0.825. The van der Waals surface area contributed by atoms with Crippen LogP contribution in [0, 0.1) is 0 Å². The summed E-state index contributed by atoms with van der Waals surface area (Å²) in [5.74, 6) is -2.80. The second-order valence-electron chi connectivity index (χ2n) is 2.99. The van der Waals surface area contributed by atoms with E-state index in [9.17, 15) is 8.78 Å². The van der Waals surface area contributed by atoms with Crippen LogP contribution in [0.5, 0.6) is 0 Å². The lowest BCUT2D eigenvalue weighted by Gasteiger charge is -2.16. The van der Waals surface area contributed by atoms with Gasteiger partial charge in [-0.15, -0.1) is 0 Å². The van der Waals surface area contributed by atoms with Gasteiger partial charge in [0.1, 0.15) is 6.54 Å². The van der Waals surface area contributed by atoms with Crippen molar-refractivity contribution in [2.75, 3.05) is 13.1 Å². The molecule has 0 saturated carbocycles. The fourth-order valence-corrected chi connectivity index (χ4v) is 1.18. The molecule has 14 heavy (non-hydrogen) atoms. The Morgan fingerprint density at radius 1 is 1.64 bits per heavy atom. The van der Waals surface area contributed by atoms with Crippen molar-refractivity contribution in [3.05, 3.63) is 17.4 Å². The van der Waals surface area contributed by atoms with E-state index in [1.807, 2.05) is 0 Å². The van der Waals surface area contributed by atoms with E-state index in [4.69, 9.17) is 11.6 Å². The smallest absolute Gasteiger partial charge is 0.279 e. The van der Waals surface area contributed by atoms with Crippen LogP contribution in [0.4, 0.5) is 8.78 Å². The molecule has 6 heteroatoms. The van der Waals surface area contributed by atoms with Crippen LogP contribution in [0.1, 0.15) is 6.92 Å². The summed E-state index contributed by atoms with van der Waals surface area (Å²) in [6, 6.07) is 0. The molecule has 0 aliphatic rings. The second-order valence-corrected chi connectivity index (χ2v) is 3.43. The van der Waals surface area contributed by atoms with Gasteiger partial charge in [0, 0.05) is 6.20 Å². The maximum absolute atomic E-state index is 13.1. The number of hydrogen-bond donors (Lipinski definition) is 1. The maximum atomic E-state index is 13.1. The number of alkyl halides is 2. The van der Waals surface area contributed by atoms with E-state index in [-0.39, 0.29) is 6.54 Å². The maximum Gasteiger partial charge on any atom is 0.279 e. The zero-order valence-corrected chi connectivity index (χ0v) is 8.56. The largest absolute Gasteiger partial charge is 0.311 e. The fraction of sp³-hybridized carbons (Fsp3) is 0.625. The molecule has 0 atom stereocenters. The molecule has 1 N–H and O–H groups in total. The molecule has 1 heterocycles. The summed E-state index contributed by atoms with van der Waals surface area (Å²) in [5, 5.41) is 6.64. The number of halogens is 3. The standard InChI is InChI=1S/C8H12ClF2N3/c1-2-12-5-8(10,11)6-14-4-7(9)3-13-14/h3-4,12H,2,5-6H2,1H3. The van der Waals surface area contributed by atoms with E-state index in [0.29, 0.717) is 11.6 Å². The van der Waals surface area contributed by atoms with Crippen molar-refractivity contribution < 1.29 is 8.78 Å². The zero-order chi connectivity index (χ0) is 10.6. The number of nitrogens with zero attached hydrogens (tertiary/aromatic N) is 2. The van der Waals surface area contributed by atoms with Crippen LogP contribution in [0.15, 0.2) is 12.4 Å². The van der Waals surface area contributed by atoms with Crippen molar-refractivity contribution in [2.45, 2.75) is 19.4 Å². The van der Waals surface area contributed by atoms with E-state index >= 15 is 0 Å². The van der Waals surface area contributed by atoms with Gasteiger partial charge in [-0.05, 0) is 6.54 Å². The highest BCUT2D eigenvalue weighted by atomic mass is 35.5. The first-order valence-corrected chi connectivity index (χ1v) is 4.68. The minimum Gasteiger partial charge on any atom is -0.311 e. The van der Waals surface area contributed by atoms with E-state index in [1.165, 1.54) is 12.4 Å². The number of nitrogens with one attached hydrogen (secondary N) is 1. The molecular weight excluding hydrogens is 212 g/mol. The molecule has 0 aliphatic heterocycles. The minimum atomic E-state index is -2.80. The van der Waals surface area contributed by atoms with Gasteiger partial charge in [0.15, 0.2) is 0 Å². The molecule has 0 saturated heterocycles. The molecular formula is C8H12ClF2N3. The Kier molecular flexibility index (Phi) is 3.83. The van der Waals surface area contributed by atoms with Crippen LogP contribution >= 0.6 is 11.6 Å². The molecule has 1 aromatic rings. The second kappa shape index (κ2) is 4.70. The van der Waals surface area contributed by atoms with Gasteiger partial charge in [-0.3, -0.25) is 4.68 Å². The van der Waals surface area contributed by atoms with Crippen molar-refractivity contribution >= 4 is 11.6 Å². The molecule has 80 valence electrons. The Bertz CT molecular complexity index is 288. The van der Waals surface area contributed by atoms with Gasteiger partial charge in [-0.1, -0.05) is 18.5 Å². The van der Waals surface area contributed by atoms with Gasteiger partial charge < -0.3 is 5.32 Å². The fourth-order valence-electron chi connectivity index (χ4n) is 1.03. The Hall–Kier alpha value is -0.680. The van der Waals surface area contributed by atoms with Crippen LogP contribution in [0.3, 0.4) is 0 Å². The zero-order valence-electron chi connectivity index (χ0n) is 7.80. The molecule has 3 nitrogen and oxygen atoms in total. The summed E-state index contributed by atoms with van der Waals surface area (Å²) < 4.78 is 27.4. The highest BCUT2D eigenvalue weighted by molar-refractivity contribution is 6.30. The topological polar surface area (TPSA) is 29.9 Å². The summed E-state index contributed by atoms with van der Waals surface area (Å²) in [5.41, 5.74) is 0. The van der Waals surface area contributed by atoms with Gasteiger partial charge >= 0.3 is 0 Å². The third-order valence-electron chi connectivity index (χ3n) is 1.63. The Labute approximate surface area is 86.0 Å². The summed E-state index contributed by atoms with van der Waals surface area (Å²) in [6.07, 6.45) is 2.71. The Morgan fingerprint density at radius 3 is 2.86 bits per heavy atom. The van der Waals surface area contributed by atoms with Crippen LogP contribution in [-0.4, -0.2) is 28.8 Å². The molecule has 0 radical (unpaired) electrons. The highest BCUT2D eigenvalue weighted by Crippen LogP contribution is 2.16. The third-order valence-corrected chi connectivity index (χ3v) is 1.82. The average molecular weight is 224 g/mol. The number of hydrogen-bond acceptors (Lipinski definition) is 2.